The first kappa shape index (κ1) is 20.8. The Bertz CT molecular complexity index is 679. The van der Waals surface area contributed by atoms with Crippen LogP contribution in [0.5, 0.6) is 11.5 Å². The van der Waals surface area contributed by atoms with E-state index in [0.29, 0.717) is 5.56 Å². The van der Waals surface area contributed by atoms with Crippen molar-refractivity contribution in [3.8, 4) is 11.5 Å². The predicted molar refractivity (Wildman–Crippen MR) is 86.8 cm³/mol. The lowest BCUT2D eigenvalue weighted by atomic mass is 10.1. The lowest BCUT2D eigenvalue weighted by molar-refractivity contribution is -0.158. The van der Waals surface area contributed by atoms with Crippen molar-refractivity contribution in [2.45, 2.75) is 25.1 Å². The Kier molecular flexibility index (Phi) is 6.89. The molecule has 1 atom stereocenters. The molecule has 7 nitrogen and oxygen atoms in total. The number of aliphatic carboxylic acids is 1. The normalized spacial score (nSPS) is 17.5. The van der Waals surface area contributed by atoms with Crippen molar-refractivity contribution in [3.05, 3.63) is 23.8 Å². The van der Waals surface area contributed by atoms with E-state index in [1.165, 1.54) is 30.2 Å². The van der Waals surface area contributed by atoms with Crippen molar-refractivity contribution in [3.63, 3.8) is 0 Å². The smallest absolute Gasteiger partial charge is 0.422 e. The first-order valence-electron chi connectivity index (χ1n) is 8.17. The molecule has 1 fully saturated rings. The molecule has 1 heterocycles. The molecular formula is C17H20F3NO6. The molecule has 1 aromatic rings. The van der Waals surface area contributed by atoms with Crippen molar-refractivity contribution in [1.82, 2.24) is 4.90 Å². The molecule has 27 heavy (non-hydrogen) atoms. The SMILES string of the molecule is COc1cc(CCC(=O)N2CCOC[C@@H]2C(=O)O)ccc1OCC(F)(F)F. The van der Waals surface area contributed by atoms with Gasteiger partial charge in [0.15, 0.2) is 24.1 Å². The minimum atomic E-state index is -4.46. The highest BCUT2D eigenvalue weighted by atomic mass is 19.4. The number of ether oxygens (including phenoxy) is 3. The fraction of sp³-hybridized carbons (Fsp3) is 0.529. The van der Waals surface area contributed by atoms with Crippen LogP contribution in [0.4, 0.5) is 13.2 Å². The molecule has 1 N–H and O–H groups in total. The number of carboxylic acid groups (broad SMARTS) is 1. The van der Waals surface area contributed by atoms with Crippen LogP contribution in [-0.4, -0.2) is 67.6 Å². The van der Waals surface area contributed by atoms with E-state index in [-0.39, 0.29) is 50.0 Å². The molecule has 0 spiro atoms. The maximum Gasteiger partial charge on any atom is 0.422 e. The maximum atomic E-state index is 12.3. The quantitative estimate of drug-likeness (QED) is 0.764. The number of hydrogen-bond donors (Lipinski definition) is 1. The largest absolute Gasteiger partial charge is 0.493 e. The third-order valence-electron chi connectivity index (χ3n) is 3.98. The number of benzene rings is 1. The lowest BCUT2D eigenvalue weighted by Gasteiger charge is -2.32. The summed E-state index contributed by atoms with van der Waals surface area (Å²) in [7, 11) is 1.30. The summed E-state index contributed by atoms with van der Waals surface area (Å²) in [4.78, 5) is 24.8. The summed E-state index contributed by atoms with van der Waals surface area (Å²) >= 11 is 0. The molecule has 150 valence electrons. The minimum absolute atomic E-state index is 0.0513. The van der Waals surface area contributed by atoms with Gasteiger partial charge in [-0.05, 0) is 24.1 Å². The number of amides is 1. The molecule has 0 unspecified atom stereocenters. The number of hydrogen-bond acceptors (Lipinski definition) is 5. The van der Waals surface area contributed by atoms with E-state index in [9.17, 15) is 22.8 Å². The molecule has 0 aliphatic carbocycles. The highest BCUT2D eigenvalue weighted by Gasteiger charge is 2.32. The topological polar surface area (TPSA) is 85.3 Å². The number of aryl methyl sites for hydroxylation is 1. The van der Waals surface area contributed by atoms with Crippen molar-refractivity contribution in [2.24, 2.45) is 0 Å². The van der Waals surface area contributed by atoms with E-state index in [2.05, 4.69) is 0 Å². The Labute approximate surface area is 153 Å². The molecule has 0 aromatic heterocycles. The van der Waals surface area contributed by atoms with Crippen molar-refractivity contribution >= 4 is 11.9 Å². The average Bonchev–Trinajstić information content (AvgIpc) is 2.63. The molecule has 0 radical (unpaired) electrons. The van der Waals surface area contributed by atoms with Crippen LogP contribution >= 0.6 is 0 Å². The molecule has 1 saturated heterocycles. The van der Waals surface area contributed by atoms with Gasteiger partial charge in [0.2, 0.25) is 5.91 Å². The van der Waals surface area contributed by atoms with E-state index in [4.69, 9.17) is 19.3 Å². The predicted octanol–water partition coefficient (Wildman–Crippen LogP) is 1.88. The Morgan fingerprint density at radius 3 is 2.70 bits per heavy atom. The number of methoxy groups -OCH3 is 1. The Morgan fingerprint density at radius 2 is 2.07 bits per heavy atom. The van der Waals surface area contributed by atoms with Gasteiger partial charge in [0, 0.05) is 13.0 Å². The number of halogens is 3. The summed E-state index contributed by atoms with van der Waals surface area (Å²) in [5.41, 5.74) is 0.652. The van der Waals surface area contributed by atoms with Gasteiger partial charge in [0.25, 0.3) is 0 Å². The van der Waals surface area contributed by atoms with Crippen LogP contribution in [-0.2, 0) is 20.7 Å². The van der Waals surface area contributed by atoms with Gasteiger partial charge in [-0.3, -0.25) is 4.79 Å². The molecule has 10 heteroatoms. The number of carboxylic acids is 1. The monoisotopic (exact) mass is 391 g/mol. The van der Waals surface area contributed by atoms with Gasteiger partial charge in [-0.1, -0.05) is 6.07 Å². The Morgan fingerprint density at radius 1 is 1.33 bits per heavy atom. The van der Waals surface area contributed by atoms with Crippen LogP contribution in [0, 0.1) is 0 Å². The van der Waals surface area contributed by atoms with Gasteiger partial charge < -0.3 is 24.2 Å². The second kappa shape index (κ2) is 8.94. The number of morpholine rings is 1. The minimum Gasteiger partial charge on any atom is -0.493 e. The number of carbonyl (C=O) groups is 2. The summed E-state index contributed by atoms with van der Waals surface area (Å²) in [5, 5.41) is 9.16. The number of nitrogens with zero attached hydrogens (tertiary/aromatic N) is 1. The fourth-order valence-corrected chi connectivity index (χ4v) is 2.65. The van der Waals surface area contributed by atoms with E-state index in [1.807, 2.05) is 0 Å². The standard InChI is InChI=1S/C17H20F3NO6/c1-25-14-8-11(2-4-13(14)27-10-17(18,19)20)3-5-15(22)21-6-7-26-9-12(21)16(23)24/h2,4,8,12H,3,5-7,9-10H2,1H3,(H,23,24)/t12-/m1/s1. The van der Waals surface area contributed by atoms with E-state index >= 15 is 0 Å². The van der Waals surface area contributed by atoms with Crippen LogP contribution in [0.2, 0.25) is 0 Å². The summed E-state index contributed by atoms with van der Waals surface area (Å²) in [6.45, 7) is -1.02. The van der Waals surface area contributed by atoms with Crippen molar-refractivity contribution in [1.29, 1.82) is 0 Å². The summed E-state index contributed by atoms with van der Waals surface area (Å²) in [6, 6.07) is 3.36. The lowest BCUT2D eigenvalue weighted by Crippen LogP contribution is -2.52. The summed E-state index contributed by atoms with van der Waals surface area (Å²) in [5.74, 6) is -1.39. The molecular weight excluding hydrogens is 371 g/mol. The molecule has 1 amide bonds. The Balaban J connectivity index is 1.98. The van der Waals surface area contributed by atoms with Crippen LogP contribution < -0.4 is 9.47 Å². The third kappa shape index (κ3) is 6.02. The van der Waals surface area contributed by atoms with Crippen molar-refractivity contribution < 1.29 is 42.1 Å². The zero-order valence-electron chi connectivity index (χ0n) is 14.6. The first-order valence-corrected chi connectivity index (χ1v) is 8.17. The molecule has 1 aliphatic rings. The fourth-order valence-electron chi connectivity index (χ4n) is 2.65. The second-order valence-electron chi connectivity index (χ2n) is 5.91. The molecule has 2 rings (SSSR count). The molecule has 1 aliphatic heterocycles. The zero-order valence-corrected chi connectivity index (χ0v) is 14.6. The maximum absolute atomic E-state index is 12.3. The second-order valence-corrected chi connectivity index (χ2v) is 5.91. The van der Waals surface area contributed by atoms with E-state index in [1.54, 1.807) is 0 Å². The van der Waals surface area contributed by atoms with Gasteiger partial charge in [-0.2, -0.15) is 13.2 Å². The molecule has 0 saturated carbocycles. The number of rotatable bonds is 7. The van der Waals surface area contributed by atoms with Crippen LogP contribution in [0.15, 0.2) is 18.2 Å². The van der Waals surface area contributed by atoms with Gasteiger partial charge in [-0.25, -0.2) is 4.79 Å². The van der Waals surface area contributed by atoms with Crippen molar-refractivity contribution in [2.75, 3.05) is 33.5 Å². The zero-order chi connectivity index (χ0) is 20.0. The number of carbonyl (C=O) groups excluding carboxylic acids is 1. The Hall–Kier alpha value is -2.49. The van der Waals surface area contributed by atoms with Crippen LogP contribution in [0.3, 0.4) is 0 Å². The molecule has 1 aromatic carbocycles. The van der Waals surface area contributed by atoms with Gasteiger partial charge in [-0.15, -0.1) is 0 Å². The molecule has 0 bridgehead atoms. The van der Waals surface area contributed by atoms with Gasteiger partial charge in [0.05, 0.1) is 20.3 Å². The van der Waals surface area contributed by atoms with Gasteiger partial charge in [0.1, 0.15) is 0 Å². The van der Waals surface area contributed by atoms with E-state index < -0.39 is 24.8 Å². The van der Waals surface area contributed by atoms with Crippen LogP contribution in [0.1, 0.15) is 12.0 Å². The van der Waals surface area contributed by atoms with Crippen LogP contribution in [0.25, 0.3) is 0 Å². The highest BCUT2D eigenvalue weighted by molar-refractivity contribution is 5.84. The number of alkyl halides is 3. The summed E-state index contributed by atoms with van der Waals surface area (Å²) < 4.78 is 51.7. The van der Waals surface area contributed by atoms with Gasteiger partial charge >= 0.3 is 12.1 Å². The summed E-state index contributed by atoms with van der Waals surface area (Å²) in [6.07, 6.45) is -4.14. The highest BCUT2D eigenvalue weighted by Crippen LogP contribution is 2.30. The average molecular weight is 391 g/mol. The first-order chi connectivity index (χ1) is 12.7. The van der Waals surface area contributed by atoms with E-state index in [0.717, 1.165) is 0 Å². The third-order valence-corrected chi connectivity index (χ3v) is 3.98.